The van der Waals surface area contributed by atoms with E-state index in [1.165, 1.54) is 30.3 Å². The largest absolute Gasteiger partial charge is 0.416 e. The summed E-state index contributed by atoms with van der Waals surface area (Å²) >= 11 is 0. The highest BCUT2D eigenvalue weighted by Crippen LogP contribution is 2.29. The molecule has 0 radical (unpaired) electrons. The van der Waals surface area contributed by atoms with Crippen LogP contribution < -0.4 is 11.1 Å². The lowest BCUT2D eigenvalue weighted by Gasteiger charge is -2.16. The minimum absolute atomic E-state index is 0.124. The maximum Gasteiger partial charge on any atom is 0.416 e. The molecule has 8 heteroatoms. The van der Waals surface area contributed by atoms with Crippen LogP contribution in [0.2, 0.25) is 0 Å². The lowest BCUT2D eigenvalue weighted by molar-refractivity contribution is -0.137. The molecule has 0 unspecified atom stereocenters. The molecule has 0 fully saturated rings. The summed E-state index contributed by atoms with van der Waals surface area (Å²) in [7, 11) is 0. The van der Waals surface area contributed by atoms with Crippen molar-refractivity contribution in [2.24, 2.45) is 5.73 Å². The highest BCUT2D eigenvalue weighted by Gasteiger charge is 2.30. The van der Waals surface area contributed by atoms with E-state index in [0.29, 0.717) is 5.56 Å². The van der Waals surface area contributed by atoms with Gasteiger partial charge in [-0.25, -0.2) is 4.39 Å². The Morgan fingerprint density at radius 3 is 2.19 bits per heavy atom. The van der Waals surface area contributed by atoms with E-state index in [0.717, 1.165) is 12.1 Å². The van der Waals surface area contributed by atoms with E-state index < -0.39 is 35.4 Å². The molecule has 2 rings (SSSR count). The predicted molar refractivity (Wildman–Crippen MR) is 86.4 cm³/mol. The van der Waals surface area contributed by atoms with Gasteiger partial charge in [-0.2, -0.15) is 13.2 Å². The van der Waals surface area contributed by atoms with Crippen LogP contribution in [0.4, 0.5) is 17.6 Å². The third-order valence-electron chi connectivity index (χ3n) is 3.71. The van der Waals surface area contributed by atoms with Crippen molar-refractivity contribution in [2.75, 3.05) is 0 Å². The second-order valence-electron chi connectivity index (χ2n) is 5.69. The minimum atomic E-state index is -4.46. The molecular weight excluding hydrogens is 352 g/mol. The molecule has 0 aliphatic rings. The maximum atomic E-state index is 13.7. The van der Waals surface area contributed by atoms with Gasteiger partial charge in [0.15, 0.2) is 0 Å². The number of hydrogen-bond donors (Lipinski definition) is 2. The fourth-order valence-corrected chi connectivity index (χ4v) is 2.35. The Hall–Kier alpha value is -2.90. The van der Waals surface area contributed by atoms with Gasteiger partial charge in [-0.3, -0.25) is 9.59 Å². The van der Waals surface area contributed by atoms with Crippen molar-refractivity contribution < 1.29 is 27.2 Å². The van der Waals surface area contributed by atoms with Gasteiger partial charge in [-0.15, -0.1) is 0 Å². The van der Waals surface area contributed by atoms with Crippen LogP contribution in [0.3, 0.4) is 0 Å². The lowest BCUT2D eigenvalue weighted by atomic mass is 10.0. The first-order valence-corrected chi connectivity index (χ1v) is 7.65. The van der Waals surface area contributed by atoms with E-state index in [2.05, 4.69) is 5.32 Å². The summed E-state index contributed by atoms with van der Waals surface area (Å²) in [5.74, 6) is -1.98. The fraction of sp³-hybridized carbons (Fsp3) is 0.222. The van der Waals surface area contributed by atoms with Gasteiger partial charge < -0.3 is 11.1 Å². The summed E-state index contributed by atoms with van der Waals surface area (Å²) in [6.07, 6.45) is -4.82. The summed E-state index contributed by atoms with van der Waals surface area (Å²) in [5, 5.41) is 2.38. The lowest BCUT2D eigenvalue weighted by Crippen LogP contribution is -2.46. The van der Waals surface area contributed by atoms with E-state index in [4.69, 9.17) is 5.73 Å². The van der Waals surface area contributed by atoms with Gasteiger partial charge in [0, 0.05) is 6.42 Å². The second kappa shape index (κ2) is 7.99. The molecule has 0 aliphatic carbocycles. The number of rotatable bonds is 6. The molecule has 0 aliphatic heterocycles. The van der Waals surface area contributed by atoms with Crippen molar-refractivity contribution in [2.45, 2.75) is 25.1 Å². The zero-order chi connectivity index (χ0) is 19.3. The molecule has 1 atom stereocenters. The Kier molecular flexibility index (Phi) is 5.97. The normalized spacial score (nSPS) is 12.5. The van der Waals surface area contributed by atoms with Gasteiger partial charge >= 0.3 is 6.18 Å². The average Bonchev–Trinajstić information content (AvgIpc) is 2.55. The number of halogens is 4. The fourth-order valence-electron chi connectivity index (χ4n) is 2.35. The zero-order valence-corrected chi connectivity index (χ0v) is 13.5. The van der Waals surface area contributed by atoms with Crippen LogP contribution in [0, 0.1) is 5.82 Å². The van der Waals surface area contributed by atoms with Crippen molar-refractivity contribution in [1.29, 1.82) is 0 Å². The number of benzene rings is 2. The molecule has 0 saturated heterocycles. The molecule has 0 spiro atoms. The topological polar surface area (TPSA) is 72.2 Å². The first-order valence-electron chi connectivity index (χ1n) is 7.65. The monoisotopic (exact) mass is 368 g/mol. The third-order valence-corrected chi connectivity index (χ3v) is 3.71. The molecule has 4 nitrogen and oxygen atoms in total. The Morgan fingerprint density at radius 2 is 1.65 bits per heavy atom. The zero-order valence-electron chi connectivity index (χ0n) is 13.5. The highest BCUT2D eigenvalue weighted by molar-refractivity contribution is 5.87. The Balaban J connectivity index is 2.02. The van der Waals surface area contributed by atoms with Crippen molar-refractivity contribution >= 4 is 11.8 Å². The summed E-state index contributed by atoms with van der Waals surface area (Å²) in [4.78, 5) is 23.6. The number of hydrogen-bond acceptors (Lipinski definition) is 2. The quantitative estimate of drug-likeness (QED) is 0.770. The van der Waals surface area contributed by atoms with E-state index >= 15 is 0 Å². The van der Waals surface area contributed by atoms with Crippen molar-refractivity contribution in [1.82, 2.24) is 5.32 Å². The first kappa shape index (κ1) is 19.4. The van der Waals surface area contributed by atoms with Crippen LogP contribution in [0.15, 0.2) is 48.5 Å². The van der Waals surface area contributed by atoms with E-state index in [1.54, 1.807) is 6.07 Å². The number of primary amides is 1. The molecule has 3 N–H and O–H groups in total. The van der Waals surface area contributed by atoms with Crippen LogP contribution in [-0.2, 0) is 28.6 Å². The van der Waals surface area contributed by atoms with Crippen LogP contribution in [-0.4, -0.2) is 17.9 Å². The highest BCUT2D eigenvalue weighted by atomic mass is 19.4. The van der Waals surface area contributed by atoms with Gasteiger partial charge in [-0.05, 0) is 29.3 Å². The number of alkyl halides is 3. The number of nitrogens with one attached hydrogen (secondary N) is 1. The van der Waals surface area contributed by atoms with Gasteiger partial charge in [-0.1, -0.05) is 30.3 Å². The maximum absolute atomic E-state index is 13.7. The van der Waals surface area contributed by atoms with Crippen molar-refractivity contribution in [3.05, 3.63) is 71.0 Å². The third kappa shape index (κ3) is 5.30. The molecule has 0 saturated carbocycles. The number of carbonyl (C=O) groups is 2. The van der Waals surface area contributed by atoms with Crippen LogP contribution >= 0.6 is 0 Å². The van der Waals surface area contributed by atoms with Crippen LogP contribution in [0.5, 0.6) is 0 Å². The smallest absolute Gasteiger partial charge is 0.368 e. The number of nitrogens with two attached hydrogens (primary N) is 1. The predicted octanol–water partition coefficient (Wildman–Crippen LogP) is 2.60. The van der Waals surface area contributed by atoms with Gasteiger partial charge in [0.1, 0.15) is 11.9 Å². The van der Waals surface area contributed by atoms with Gasteiger partial charge in [0.05, 0.1) is 12.0 Å². The molecular formula is C18H16F4N2O2. The molecule has 0 bridgehead atoms. The molecule has 2 amide bonds. The Bertz CT molecular complexity index is 789. The van der Waals surface area contributed by atoms with E-state index in [-0.39, 0.29) is 18.4 Å². The van der Waals surface area contributed by atoms with Crippen molar-refractivity contribution in [3.8, 4) is 0 Å². The summed E-state index contributed by atoms with van der Waals surface area (Å²) in [6, 6.07) is 8.72. The number of amides is 2. The first-order chi connectivity index (χ1) is 12.2. The van der Waals surface area contributed by atoms with Gasteiger partial charge in [0.25, 0.3) is 0 Å². The summed E-state index contributed by atoms with van der Waals surface area (Å²) < 4.78 is 51.2. The average molecular weight is 368 g/mol. The Morgan fingerprint density at radius 1 is 1.04 bits per heavy atom. The molecule has 26 heavy (non-hydrogen) atoms. The molecule has 0 aromatic heterocycles. The minimum Gasteiger partial charge on any atom is -0.368 e. The molecule has 2 aromatic carbocycles. The number of carbonyl (C=O) groups excluding carboxylic acids is 2. The van der Waals surface area contributed by atoms with Crippen LogP contribution in [0.1, 0.15) is 16.7 Å². The van der Waals surface area contributed by atoms with Crippen LogP contribution in [0.25, 0.3) is 0 Å². The van der Waals surface area contributed by atoms with Gasteiger partial charge in [0.2, 0.25) is 11.8 Å². The Labute approximate surface area is 147 Å². The second-order valence-corrected chi connectivity index (χ2v) is 5.69. The van der Waals surface area contributed by atoms with E-state index in [9.17, 15) is 27.2 Å². The SMILES string of the molecule is NC(=O)[C@H](Cc1ccccc1F)NC(=O)Cc1ccc(C(F)(F)F)cc1. The molecule has 0 heterocycles. The molecule has 2 aromatic rings. The summed E-state index contributed by atoms with van der Waals surface area (Å²) in [5.41, 5.74) is 4.97. The summed E-state index contributed by atoms with van der Waals surface area (Å²) in [6.45, 7) is 0. The standard InChI is InChI=1S/C18H16F4N2O2/c19-14-4-2-1-3-12(14)10-15(17(23)26)24-16(25)9-11-5-7-13(8-6-11)18(20,21)22/h1-8,15H,9-10H2,(H2,23,26)(H,24,25)/t15-/m0/s1. The molecule has 138 valence electrons. The van der Waals surface area contributed by atoms with E-state index in [1.807, 2.05) is 0 Å². The van der Waals surface area contributed by atoms with Crippen molar-refractivity contribution in [3.63, 3.8) is 0 Å².